The molecule has 0 aliphatic carbocycles. The van der Waals surface area contributed by atoms with E-state index in [-0.39, 0.29) is 28.7 Å². The molecule has 0 saturated carbocycles. The fourth-order valence-electron chi connectivity index (χ4n) is 1.37. The summed E-state index contributed by atoms with van der Waals surface area (Å²) in [6, 6.07) is 3.30. The molecule has 1 rings (SSSR count). The number of hydrogen-bond donors (Lipinski definition) is 2. The van der Waals surface area contributed by atoms with Crippen LogP contribution in [-0.4, -0.2) is 29.4 Å². The summed E-state index contributed by atoms with van der Waals surface area (Å²) in [5.41, 5.74) is 6.21. The third kappa shape index (κ3) is 4.10. The van der Waals surface area contributed by atoms with Crippen molar-refractivity contribution in [1.29, 1.82) is 5.26 Å². The first-order valence-corrected chi connectivity index (χ1v) is 6.93. The summed E-state index contributed by atoms with van der Waals surface area (Å²) in [6.07, 6.45) is 0.815. The number of anilines is 1. The normalized spacial score (nSPS) is 9.74. The standard InChI is InChI=1S/C12H15BrN4O2/c1-2-19-12-8(7-14)9(15)6-10(17-12)11(18)16-5-3-4-13/h6H,2-5H2,1H3,(H2,15,17)(H,16,18). The second-order valence-corrected chi connectivity index (χ2v) is 4.41. The Bertz CT molecular complexity index is 499. The Morgan fingerprint density at radius 2 is 2.42 bits per heavy atom. The maximum absolute atomic E-state index is 11.8. The van der Waals surface area contributed by atoms with Crippen LogP contribution in [0.25, 0.3) is 0 Å². The first-order valence-electron chi connectivity index (χ1n) is 5.81. The Kier molecular flexibility index (Phi) is 6.09. The number of nitrogens with zero attached hydrogens (tertiary/aromatic N) is 2. The average molecular weight is 327 g/mol. The van der Waals surface area contributed by atoms with Crippen LogP contribution < -0.4 is 15.8 Å². The van der Waals surface area contributed by atoms with Crippen molar-refractivity contribution in [2.75, 3.05) is 24.2 Å². The number of carbonyl (C=O) groups excluding carboxylic acids is 1. The highest BCUT2D eigenvalue weighted by Gasteiger charge is 2.15. The van der Waals surface area contributed by atoms with E-state index in [9.17, 15) is 4.79 Å². The largest absolute Gasteiger partial charge is 0.477 e. The number of pyridine rings is 1. The van der Waals surface area contributed by atoms with Crippen LogP contribution in [0.5, 0.6) is 5.88 Å². The molecule has 0 atom stereocenters. The van der Waals surface area contributed by atoms with Gasteiger partial charge in [0.15, 0.2) is 0 Å². The summed E-state index contributed by atoms with van der Waals surface area (Å²) in [5.74, 6) is -0.242. The second kappa shape index (κ2) is 7.59. The molecule has 19 heavy (non-hydrogen) atoms. The highest BCUT2D eigenvalue weighted by Crippen LogP contribution is 2.22. The zero-order valence-corrected chi connectivity index (χ0v) is 12.2. The number of carbonyl (C=O) groups is 1. The van der Waals surface area contributed by atoms with Gasteiger partial charge in [-0.05, 0) is 19.4 Å². The highest BCUT2D eigenvalue weighted by molar-refractivity contribution is 9.09. The number of hydrogen-bond acceptors (Lipinski definition) is 5. The van der Waals surface area contributed by atoms with Crippen molar-refractivity contribution >= 4 is 27.5 Å². The van der Waals surface area contributed by atoms with Crippen LogP contribution in [-0.2, 0) is 0 Å². The quantitative estimate of drug-likeness (QED) is 0.608. The van der Waals surface area contributed by atoms with Crippen LogP contribution in [0.15, 0.2) is 6.07 Å². The Hall–Kier alpha value is -1.81. The van der Waals surface area contributed by atoms with Gasteiger partial charge in [0, 0.05) is 11.9 Å². The van der Waals surface area contributed by atoms with Crippen LogP contribution in [0.4, 0.5) is 5.69 Å². The Morgan fingerprint density at radius 3 is 3.00 bits per heavy atom. The summed E-state index contributed by atoms with van der Waals surface area (Å²) < 4.78 is 5.22. The number of halogens is 1. The molecule has 0 spiro atoms. The number of nitriles is 1. The lowest BCUT2D eigenvalue weighted by molar-refractivity contribution is 0.0947. The molecule has 1 aromatic rings. The van der Waals surface area contributed by atoms with Crippen molar-refractivity contribution in [3.8, 4) is 11.9 Å². The van der Waals surface area contributed by atoms with Gasteiger partial charge in [-0.2, -0.15) is 5.26 Å². The zero-order chi connectivity index (χ0) is 14.3. The van der Waals surface area contributed by atoms with Crippen LogP contribution in [0, 0.1) is 11.3 Å². The summed E-state index contributed by atoms with van der Waals surface area (Å²) >= 11 is 3.28. The number of aromatic nitrogens is 1. The minimum atomic E-state index is -0.335. The van der Waals surface area contributed by atoms with E-state index in [0.717, 1.165) is 11.8 Å². The first-order chi connectivity index (χ1) is 9.13. The third-order valence-electron chi connectivity index (χ3n) is 2.24. The molecule has 0 aromatic carbocycles. The van der Waals surface area contributed by atoms with Gasteiger partial charge in [-0.3, -0.25) is 4.79 Å². The van der Waals surface area contributed by atoms with E-state index in [1.807, 2.05) is 6.07 Å². The number of alkyl halides is 1. The predicted molar refractivity (Wildman–Crippen MR) is 75.3 cm³/mol. The van der Waals surface area contributed by atoms with Gasteiger partial charge in [0.1, 0.15) is 17.3 Å². The van der Waals surface area contributed by atoms with Gasteiger partial charge in [0.05, 0.1) is 12.3 Å². The maximum Gasteiger partial charge on any atom is 0.270 e. The third-order valence-corrected chi connectivity index (χ3v) is 2.80. The molecule has 3 N–H and O–H groups in total. The SMILES string of the molecule is CCOc1nc(C(=O)NCCCBr)cc(N)c1C#N. The molecule has 0 fully saturated rings. The van der Waals surface area contributed by atoms with Crippen LogP contribution >= 0.6 is 15.9 Å². The lowest BCUT2D eigenvalue weighted by Gasteiger charge is -2.09. The lowest BCUT2D eigenvalue weighted by Crippen LogP contribution is -2.26. The van der Waals surface area contributed by atoms with Gasteiger partial charge in [-0.1, -0.05) is 15.9 Å². The summed E-state index contributed by atoms with van der Waals surface area (Å²) in [6.45, 7) is 2.65. The molecular weight excluding hydrogens is 312 g/mol. The molecule has 0 unspecified atom stereocenters. The van der Waals surface area contributed by atoms with Crippen LogP contribution in [0.1, 0.15) is 29.4 Å². The van der Waals surface area contributed by atoms with Crippen molar-refractivity contribution in [3.05, 3.63) is 17.3 Å². The molecule has 0 aliphatic heterocycles. The van der Waals surface area contributed by atoms with E-state index < -0.39 is 0 Å². The Morgan fingerprint density at radius 1 is 1.68 bits per heavy atom. The molecule has 102 valence electrons. The van der Waals surface area contributed by atoms with Crippen molar-refractivity contribution in [3.63, 3.8) is 0 Å². The predicted octanol–water partition coefficient (Wildman–Crippen LogP) is 1.45. The number of rotatable bonds is 6. The summed E-state index contributed by atoms with van der Waals surface area (Å²) in [7, 11) is 0. The van der Waals surface area contributed by atoms with Crippen LogP contribution in [0.3, 0.4) is 0 Å². The molecule has 0 saturated heterocycles. The topological polar surface area (TPSA) is 101 Å². The van der Waals surface area contributed by atoms with Gasteiger partial charge in [-0.15, -0.1) is 0 Å². The van der Waals surface area contributed by atoms with Gasteiger partial charge in [0.25, 0.3) is 5.91 Å². The average Bonchev–Trinajstić information content (AvgIpc) is 2.39. The van der Waals surface area contributed by atoms with Crippen molar-refractivity contribution in [2.24, 2.45) is 0 Å². The van der Waals surface area contributed by atoms with Crippen molar-refractivity contribution in [2.45, 2.75) is 13.3 Å². The Balaban J connectivity index is 2.97. The van der Waals surface area contributed by atoms with E-state index in [2.05, 4.69) is 26.2 Å². The van der Waals surface area contributed by atoms with Crippen LogP contribution in [0.2, 0.25) is 0 Å². The van der Waals surface area contributed by atoms with E-state index in [0.29, 0.717) is 13.2 Å². The van der Waals surface area contributed by atoms with E-state index in [1.165, 1.54) is 6.07 Å². The van der Waals surface area contributed by atoms with Crippen molar-refractivity contribution < 1.29 is 9.53 Å². The number of nitrogen functional groups attached to an aromatic ring is 1. The minimum absolute atomic E-state index is 0.0932. The molecule has 1 amide bonds. The molecule has 0 aliphatic rings. The summed E-state index contributed by atoms with van der Waals surface area (Å²) in [5, 5.41) is 12.5. The molecule has 7 heteroatoms. The zero-order valence-electron chi connectivity index (χ0n) is 10.6. The number of amides is 1. The first kappa shape index (κ1) is 15.2. The number of ether oxygens (including phenoxy) is 1. The second-order valence-electron chi connectivity index (χ2n) is 3.62. The van der Waals surface area contributed by atoms with Gasteiger partial charge in [0.2, 0.25) is 5.88 Å². The highest BCUT2D eigenvalue weighted by atomic mass is 79.9. The van der Waals surface area contributed by atoms with Gasteiger partial charge >= 0.3 is 0 Å². The van der Waals surface area contributed by atoms with Gasteiger partial charge in [-0.25, -0.2) is 4.98 Å². The van der Waals surface area contributed by atoms with Crippen molar-refractivity contribution in [1.82, 2.24) is 10.3 Å². The van der Waals surface area contributed by atoms with Gasteiger partial charge < -0.3 is 15.8 Å². The molecule has 6 nitrogen and oxygen atoms in total. The number of nitrogens with one attached hydrogen (secondary N) is 1. The van der Waals surface area contributed by atoms with E-state index in [1.54, 1.807) is 6.92 Å². The molecule has 0 radical (unpaired) electrons. The smallest absolute Gasteiger partial charge is 0.270 e. The Labute approximate surface area is 120 Å². The molecule has 1 aromatic heterocycles. The van der Waals surface area contributed by atoms with E-state index in [4.69, 9.17) is 15.7 Å². The fourth-order valence-corrected chi connectivity index (χ4v) is 1.65. The maximum atomic E-state index is 11.8. The number of nitrogens with two attached hydrogens (primary N) is 1. The molecule has 0 bridgehead atoms. The van der Waals surface area contributed by atoms with E-state index >= 15 is 0 Å². The summed E-state index contributed by atoms with van der Waals surface area (Å²) in [4.78, 5) is 15.9. The fraction of sp³-hybridized carbons (Fsp3) is 0.417. The molecular formula is C12H15BrN4O2. The minimum Gasteiger partial charge on any atom is -0.477 e. The lowest BCUT2D eigenvalue weighted by atomic mass is 10.2. The monoisotopic (exact) mass is 326 g/mol. The molecule has 1 heterocycles.